The quantitative estimate of drug-likeness (QED) is 0.614. The van der Waals surface area contributed by atoms with Gasteiger partial charge in [0, 0.05) is 17.5 Å². The van der Waals surface area contributed by atoms with Gasteiger partial charge in [-0.25, -0.2) is 0 Å². The fraction of sp³-hybridized carbons (Fsp3) is 0.750. The Bertz CT molecular complexity index is 296. The van der Waals surface area contributed by atoms with Gasteiger partial charge >= 0.3 is 0 Å². The zero-order valence-corrected chi connectivity index (χ0v) is 13.6. The van der Waals surface area contributed by atoms with E-state index in [4.69, 9.17) is 0 Å². The van der Waals surface area contributed by atoms with Crippen molar-refractivity contribution < 1.29 is 0 Å². The third-order valence-electron chi connectivity index (χ3n) is 3.39. The number of nitrogens with zero attached hydrogens (tertiary/aromatic N) is 1. The van der Waals surface area contributed by atoms with Gasteiger partial charge in [0.1, 0.15) is 0 Å². The molecule has 19 heavy (non-hydrogen) atoms. The number of unbranched alkanes of at least 4 members (excludes halogenated alkanes) is 2. The molecule has 0 bridgehead atoms. The smallest absolute Gasteiger partial charge is 0.0330 e. The second-order valence-corrected chi connectivity index (χ2v) is 6.49. The number of hydrogen-bond acceptors (Lipinski definition) is 3. The lowest BCUT2D eigenvalue weighted by molar-refractivity contribution is 0.210. The largest absolute Gasteiger partial charge is 0.317 e. The molecule has 0 unspecified atom stereocenters. The zero-order chi connectivity index (χ0) is 13.9. The Morgan fingerprint density at radius 1 is 1.21 bits per heavy atom. The van der Waals surface area contributed by atoms with Crippen LogP contribution in [0.1, 0.15) is 51.3 Å². The van der Waals surface area contributed by atoms with Gasteiger partial charge in [0.25, 0.3) is 0 Å². The van der Waals surface area contributed by atoms with Gasteiger partial charge in [-0.15, -0.1) is 11.3 Å². The molecule has 2 nitrogen and oxygen atoms in total. The highest BCUT2D eigenvalue weighted by molar-refractivity contribution is 7.09. The molecule has 0 amide bonds. The summed E-state index contributed by atoms with van der Waals surface area (Å²) in [5.74, 6) is 0. The van der Waals surface area contributed by atoms with E-state index in [0.29, 0.717) is 6.04 Å². The maximum absolute atomic E-state index is 3.47. The summed E-state index contributed by atoms with van der Waals surface area (Å²) in [6.07, 6.45) is 5.20. The molecule has 0 atom stereocenters. The summed E-state index contributed by atoms with van der Waals surface area (Å²) in [6.45, 7) is 11.5. The van der Waals surface area contributed by atoms with Gasteiger partial charge in [0.2, 0.25) is 0 Å². The van der Waals surface area contributed by atoms with E-state index < -0.39 is 0 Å². The highest BCUT2D eigenvalue weighted by Crippen LogP contribution is 2.14. The Morgan fingerprint density at radius 3 is 2.68 bits per heavy atom. The van der Waals surface area contributed by atoms with Crippen LogP contribution in [0.15, 0.2) is 17.5 Å². The van der Waals surface area contributed by atoms with Crippen LogP contribution >= 0.6 is 11.3 Å². The summed E-state index contributed by atoms with van der Waals surface area (Å²) in [4.78, 5) is 4.07. The molecule has 1 heterocycles. The summed E-state index contributed by atoms with van der Waals surface area (Å²) in [5, 5.41) is 5.64. The molecule has 0 radical (unpaired) electrons. The van der Waals surface area contributed by atoms with Crippen molar-refractivity contribution in [3.05, 3.63) is 22.4 Å². The molecule has 0 aliphatic heterocycles. The molecule has 3 heteroatoms. The standard InChI is InChI=1S/C16H30N2S/c1-4-10-17-11-6-5-7-12-18(15(2)3)14-16-9-8-13-19-16/h8-9,13,15,17H,4-7,10-12,14H2,1-3H3. The number of hydrogen-bond donors (Lipinski definition) is 1. The van der Waals surface area contributed by atoms with Gasteiger partial charge in [-0.3, -0.25) is 4.90 Å². The van der Waals surface area contributed by atoms with E-state index in [1.54, 1.807) is 0 Å². The summed E-state index contributed by atoms with van der Waals surface area (Å²) in [7, 11) is 0. The molecule has 0 aromatic carbocycles. The van der Waals surface area contributed by atoms with E-state index in [1.165, 1.54) is 43.6 Å². The summed E-state index contributed by atoms with van der Waals surface area (Å²) in [6, 6.07) is 5.03. The molecular weight excluding hydrogens is 252 g/mol. The number of nitrogens with one attached hydrogen (secondary N) is 1. The first kappa shape index (κ1) is 16.7. The van der Waals surface area contributed by atoms with Crippen LogP contribution in [-0.4, -0.2) is 30.6 Å². The lowest BCUT2D eigenvalue weighted by atomic mass is 10.2. The van der Waals surface area contributed by atoms with Crippen LogP contribution in [0.5, 0.6) is 0 Å². The molecule has 0 saturated carbocycles. The van der Waals surface area contributed by atoms with Crippen molar-refractivity contribution in [3.63, 3.8) is 0 Å². The minimum atomic E-state index is 0.639. The van der Waals surface area contributed by atoms with Gasteiger partial charge in [-0.1, -0.05) is 19.4 Å². The second-order valence-electron chi connectivity index (χ2n) is 5.45. The maximum atomic E-state index is 3.47. The van der Waals surface area contributed by atoms with Crippen LogP contribution < -0.4 is 5.32 Å². The molecule has 0 saturated heterocycles. The van der Waals surface area contributed by atoms with Crippen LogP contribution in [0, 0.1) is 0 Å². The molecule has 1 rings (SSSR count). The molecule has 1 aromatic heterocycles. The summed E-state index contributed by atoms with van der Waals surface area (Å²) in [5.41, 5.74) is 0. The highest BCUT2D eigenvalue weighted by Gasteiger charge is 2.10. The molecule has 1 N–H and O–H groups in total. The second kappa shape index (κ2) is 10.4. The lowest BCUT2D eigenvalue weighted by Crippen LogP contribution is -2.31. The average Bonchev–Trinajstić information content (AvgIpc) is 2.89. The van der Waals surface area contributed by atoms with Gasteiger partial charge in [-0.05, 0) is 64.2 Å². The van der Waals surface area contributed by atoms with Crippen molar-refractivity contribution >= 4 is 11.3 Å². The van der Waals surface area contributed by atoms with Crippen molar-refractivity contribution in [1.29, 1.82) is 0 Å². The first-order chi connectivity index (χ1) is 9.24. The van der Waals surface area contributed by atoms with E-state index in [9.17, 15) is 0 Å². The molecule has 0 spiro atoms. The van der Waals surface area contributed by atoms with Gasteiger partial charge in [-0.2, -0.15) is 0 Å². The first-order valence-corrected chi connectivity index (χ1v) is 8.59. The fourth-order valence-electron chi connectivity index (χ4n) is 2.17. The maximum Gasteiger partial charge on any atom is 0.0330 e. The van der Waals surface area contributed by atoms with Crippen molar-refractivity contribution in [3.8, 4) is 0 Å². The van der Waals surface area contributed by atoms with Gasteiger partial charge < -0.3 is 5.32 Å². The molecule has 1 aromatic rings. The Morgan fingerprint density at radius 2 is 2.05 bits per heavy atom. The van der Waals surface area contributed by atoms with Gasteiger partial charge in [0.05, 0.1) is 0 Å². The Labute approximate surface area is 123 Å². The minimum absolute atomic E-state index is 0.639. The normalized spacial score (nSPS) is 11.6. The Kier molecular flexibility index (Phi) is 9.14. The lowest BCUT2D eigenvalue weighted by Gasteiger charge is -2.25. The van der Waals surface area contributed by atoms with Crippen LogP contribution in [0.4, 0.5) is 0 Å². The minimum Gasteiger partial charge on any atom is -0.317 e. The predicted molar refractivity (Wildman–Crippen MR) is 86.9 cm³/mol. The molecule has 0 fully saturated rings. The molecular formula is C16H30N2S. The highest BCUT2D eigenvalue weighted by atomic mass is 32.1. The van der Waals surface area contributed by atoms with Crippen LogP contribution in [0.25, 0.3) is 0 Å². The zero-order valence-electron chi connectivity index (χ0n) is 12.8. The monoisotopic (exact) mass is 282 g/mol. The predicted octanol–water partition coefficient (Wildman–Crippen LogP) is 4.13. The van der Waals surface area contributed by atoms with E-state index in [0.717, 1.165) is 13.1 Å². The van der Waals surface area contributed by atoms with Crippen molar-refractivity contribution in [2.75, 3.05) is 19.6 Å². The molecule has 0 aliphatic rings. The van der Waals surface area contributed by atoms with Crippen LogP contribution in [0.2, 0.25) is 0 Å². The third-order valence-corrected chi connectivity index (χ3v) is 4.26. The van der Waals surface area contributed by atoms with Crippen molar-refractivity contribution in [2.45, 2.75) is 59.0 Å². The van der Waals surface area contributed by atoms with E-state index in [1.807, 2.05) is 11.3 Å². The van der Waals surface area contributed by atoms with E-state index in [2.05, 4.69) is 48.5 Å². The average molecular weight is 282 g/mol. The molecule has 0 aliphatic carbocycles. The topological polar surface area (TPSA) is 15.3 Å². The number of rotatable bonds is 11. The Hall–Kier alpha value is -0.380. The van der Waals surface area contributed by atoms with Crippen LogP contribution in [0.3, 0.4) is 0 Å². The molecule has 110 valence electrons. The van der Waals surface area contributed by atoms with Crippen molar-refractivity contribution in [2.24, 2.45) is 0 Å². The fourth-order valence-corrected chi connectivity index (χ4v) is 2.90. The van der Waals surface area contributed by atoms with Crippen molar-refractivity contribution in [1.82, 2.24) is 10.2 Å². The summed E-state index contributed by atoms with van der Waals surface area (Å²) >= 11 is 1.87. The Balaban J connectivity index is 2.12. The third kappa shape index (κ3) is 7.71. The first-order valence-electron chi connectivity index (χ1n) is 7.71. The van der Waals surface area contributed by atoms with Gasteiger partial charge in [0.15, 0.2) is 0 Å². The van der Waals surface area contributed by atoms with E-state index in [-0.39, 0.29) is 0 Å². The SMILES string of the molecule is CCCNCCCCCN(Cc1cccs1)C(C)C. The van der Waals surface area contributed by atoms with Crippen LogP contribution in [-0.2, 0) is 6.54 Å². The number of thiophene rings is 1. The summed E-state index contributed by atoms with van der Waals surface area (Å²) < 4.78 is 0. The van der Waals surface area contributed by atoms with E-state index >= 15 is 0 Å².